The van der Waals surface area contributed by atoms with Crippen molar-refractivity contribution in [2.75, 3.05) is 18.9 Å². The van der Waals surface area contributed by atoms with Crippen molar-refractivity contribution in [2.45, 2.75) is 45.4 Å². The van der Waals surface area contributed by atoms with Crippen molar-refractivity contribution in [1.82, 2.24) is 10.3 Å². The summed E-state index contributed by atoms with van der Waals surface area (Å²) in [6.45, 7) is 7.07. The molecule has 0 bridgehead atoms. The number of amides is 1. The third-order valence-corrected chi connectivity index (χ3v) is 3.65. The summed E-state index contributed by atoms with van der Waals surface area (Å²) in [5, 5.41) is 6.03. The summed E-state index contributed by atoms with van der Waals surface area (Å²) in [6.07, 6.45) is 3.74. The van der Waals surface area contributed by atoms with E-state index in [1.54, 1.807) is 0 Å². The number of carbonyl (C=O) groups excluding carboxylic acids is 1. The number of pyridine rings is 1. The van der Waals surface area contributed by atoms with Crippen LogP contribution in [0.2, 0.25) is 0 Å². The lowest BCUT2D eigenvalue weighted by Gasteiger charge is -2.19. The lowest BCUT2D eigenvalue weighted by Crippen LogP contribution is -2.26. The molecule has 1 aliphatic carbocycles. The Bertz CT molecular complexity index is 487. The topological polar surface area (TPSA) is 54.0 Å². The Morgan fingerprint density at radius 3 is 2.60 bits per heavy atom. The Hall–Kier alpha value is -1.58. The highest BCUT2D eigenvalue weighted by molar-refractivity contribution is 5.95. The summed E-state index contributed by atoms with van der Waals surface area (Å²) in [5.74, 6) is 1.57. The van der Waals surface area contributed by atoms with Gasteiger partial charge in [-0.25, -0.2) is 4.98 Å². The van der Waals surface area contributed by atoms with Gasteiger partial charge < -0.3 is 10.6 Å². The van der Waals surface area contributed by atoms with Gasteiger partial charge in [-0.3, -0.25) is 4.79 Å². The molecule has 1 aromatic rings. The van der Waals surface area contributed by atoms with Crippen molar-refractivity contribution in [1.29, 1.82) is 0 Å². The molecule has 1 heterocycles. The molecule has 4 nitrogen and oxygen atoms in total. The maximum atomic E-state index is 12.2. The smallest absolute Gasteiger partial charge is 0.251 e. The highest BCUT2D eigenvalue weighted by atomic mass is 16.1. The first kappa shape index (κ1) is 14.8. The Morgan fingerprint density at radius 2 is 2.05 bits per heavy atom. The second-order valence-electron chi connectivity index (χ2n) is 6.61. The number of carbonyl (C=O) groups is 1. The van der Waals surface area contributed by atoms with Gasteiger partial charge in [0.1, 0.15) is 5.82 Å². The van der Waals surface area contributed by atoms with Gasteiger partial charge >= 0.3 is 0 Å². The van der Waals surface area contributed by atoms with Crippen LogP contribution >= 0.6 is 0 Å². The first-order valence-electron chi connectivity index (χ1n) is 7.38. The summed E-state index contributed by atoms with van der Waals surface area (Å²) < 4.78 is 0. The predicted octanol–water partition coefficient (Wildman–Crippen LogP) is 2.95. The highest BCUT2D eigenvalue weighted by Gasteiger charge is 2.22. The number of rotatable bonds is 5. The number of nitrogens with zero attached hydrogens (tertiary/aromatic N) is 1. The third-order valence-electron chi connectivity index (χ3n) is 3.65. The van der Waals surface area contributed by atoms with E-state index in [2.05, 4.69) is 36.4 Å². The SMILES string of the molecule is CNc1cc(C(=O)NCCC2CC2)cc(C(C)(C)C)n1. The molecular formula is C16H25N3O. The van der Waals surface area contributed by atoms with E-state index in [9.17, 15) is 4.79 Å². The molecule has 2 rings (SSSR count). The minimum atomic E-state index is -0.0735. The maximum absolute atomic E-state index is 12.2. The lowest BCUT2D eigenvalue weighted by molar-refractivity contribution is 0.0952. The number of nitrogens with one attached hydrogen (secondary N) is 2. The van der Waals surface area contributed by atoms with Gasteiger partial charge in [0.15, 0.2) is 0 Å². The van der Waals surface area contributed by atoms with Gasteiger partial charge in [0.2, 0.25) is 0 Å². The fourth-order valence-electron chi connectivity index (χ4n) is 2.07. The fourth-order valence-corrected chi connectivity index (χ4v) is 2.07. The molecule has 1 fully saturated rings. The van der Waals surface area contributed by atoms with E-state index in [0.29, 0.717) is 5.56 Å². The first-order chi connectivity index (χ1) is 9.40. The lowest BCUT2D eigenvalue weighted by atomic mass is 9.90. The van der Waals surface area contributed by atoms with Crippen molar-refractivity contribution in [3.05, 3.63) is 23.4 Å². The Morgan fingerprint density at radius 1 is 1.35 bits per heavy atom. The molecule has 20 heavy (non-hydrogen) atoms. The Kier molecular flexibility index (Phi) is 4.31. The summed E-state index contributed by atoms with van der Waals surface area (Å²) in [4.78, 5) is 16.8. The van der Waals surface area contributed by atoms with Crippen molar-refractivity contribution in [3.63, 3.8) is 0 Å². The van der Waals surface area contributed by atoms with E-state index in [0.717, 1.165) is 30.4 Å². The Balaban J connectivity index is 2.09. The molecular weight excluding hydrogens is 250 g/mol. The standard InChI is InChI=1S/C16H25N3O/c1-16(2,3)13-9-12(10-14(17-4)19-13)15(20)18-8-7-11-5-6-11/h9-11H,5-8H2,1-4H3,(H,17,19)(H,18,20). The van der Waals surface area contributed by atoms with E-state index < -0.39 is 0 Å². The molecule has 1 aromatic heterocycles. The van der Waals surface area contributed by atoms with Crippen LogP contribution in [0.4, 0.5) is 5.82 Å². The molecule has 0 aliphatic heterocycles. The second kappa shape index (κ2) is 5.81. The van der Waals surface area contributed by atoms with E-state index in [1.807, 2.05) is 19.2 Å². The number of anilines is 1. The Labute approximate surface area is 121 Å². The van der Waals surface area contributed by atoms with Crippen LogP contribution in [0.5, 0.6) is 0 Å². The summed E-state index contributed by atoms with van der Waals surface area (Å²) >= 11 is 0. The van der Waals surface area contributed by atoms with E-state index in [-0.39, 0.29) is 11.3 Å². The number of aromatic nitrogens is 1. The molecule has 0 radical (unpaired) electrons. The predicted molar refractivity (Wildman–Crippen MR) is 82.2 cm³/mol. The van der Waals surface area contributed by atoms with Crippen LogP contribution in [0.15, 0.2) is 12.1 Å². The average Bonchev–Trinajstić information content (AvgIpc) is 3.21. The van der Waals surface area contributed by atoms with Crippen LogP contribution in [-0.2, 0) is 5.41 Å². The molecule has 0 saturated heterocycles. The zero-order valence-electron chi connectivity index (χ0n) is 12.9. The van der Waals surface area contributed by atoms with Crippen LogP contribution in [0.3, 0.4) is 0 Å². The summed E-state index contributed by atoms with van der Waals surface area (Å²) in [5.41, 5.74) is 1.54. The second-order valence-corrected chi connectivity index (χ2v) is 6.61. The molecule has 110 valence electrons. The van der Waals surface area contributed by atoms with E-state index in [1.165, 1.54) is 12.8 Å². The zero-order chi connectivity index (χ0) is 14.8. The molecule has 4 heteroatoms. The van der Waals surface area contributed by atoms with Crippen molar-refractivity contribution >= 4 is 11.7 Å². The van der Waals surface area contributed by atoms with Crippen molar-refractivity contribution < 1.29 is 4.79 Å². The van der Waals surface area contributed by atoms with Gasteiger partial charge in [-0.1, -0.05) is 33.6 Å². The summed E-state index contributed by atoms with van der Waals surface area (Å²) in [7, 11) is 1.82. The minimum Gasteiger partial charge on any atom is -0.373 e. The molecule has 1 amide bonds. The van der Waals surface area contributed by atoms with Crippen molar-refractivity contribution in [2.24, 2.45) is 5.92 Å². The van der Waals surface area contributed by atoms with Crippen molar-refractivity contribution in [3.8, 4) is 0 Å². The van der Waals surface area contributed by atoms with E-state index >= 15 is 0 Å². The molecule has 0 unspecified atom stereocenters. The third kappa shape index (κ3) is 3.95. The molecule has 0 aromatic carbocycles. The van der Waals surface area contributed by atoms with Gasteiger partial charge in [0.25, 0.3) is 5.91 Å². The maximum Gasteiger partial charge on any atom is 0.251 e. The van der Waals surface area contributed by atoms with E-state index in [4.69, 9.17) is 0 Å². The molecule has 2 N–H and O–H groups in total. The average molecular weight is 275 g/mol. The largest absolute Gasteiger partial charge is 0.373 e. The highest BCUT2D eigenvalue weighted by Crippen LogP contribution is 2.31. The normalized spacial score (nSPS) is 15.0. The van der Waals surface area contributed by atoms with Crippen LogP contribution in [0.25, 0.3) is 0 Å². The van der Waals surface area contributed by atoms with Crippen LogP contribution in [0.1, 0.15) is 56.1 Å². The molecule has 1 saturated carbocycles. The first-order valence-corrected chi connectivity index (χ1v) is 7.38. The summed E-state index contributed by atoms with van der Waals surface area (Å²) in [6, 6.07) is 3.70. The van der Waals surface area contributed by atoms with Crippen LogP contribution < -0.4 is 10.6 Å². The van der Waals surface area contributed by atoms with Gasteiger partial charge in [-0.15, -0.1) is 0 Å². The van der Waals surface area contributed by atoms with Gasteiger partial charge in [0, 0.05) is 30.3 Å². The quantitative estimate of drug-likeness (QED) is 0.868. The zero-order valence-corrected chi connectivity index (χ0v) is 12.9. The van der Waals surface area contributed by atoms with Crippen LogP contribution in [-0.4, -0.2) is 24.5 Å². The number of hydrogen-bond acceptors (Lipinski definition) is 3. The molecule has 1 aliphatic rings. The molecule has 0 spiro atoms. The minimum absolute atomic E-state index is 0.00458. The fraction of sp³-hybridized carbons (Fsp3) is 0.625. The number of hydrogen-bond donors (Lipinski definition) is 2. The van der Waals surface area contributed by atoms with Gasteiger partial charge in [-0.05, 0) is 24.5 Å². The molecule has 0 atom stereocenters. The van der Waals surface area contributed by atoms with Gasteiger partial charge in [0.05, 0.1) is 0 Å². The van der Waals surface area contributed by atoms with Gasteiger partial charge in [-0.2, -0.15) is 0 Å². The monoisotopic (exact) mass is 275 g/mol. The van der Waals surface area contributed by atoms with Crippen LogP contribution in [0, 0.1) is 5.92 Å².